The van der Waals surface area contributed by atoms with Crippen molar-refractivity contribution in [2.45, 2.75) is 33.2 Å². The number of carbonyl (C=O) groups is 1. The minimum absolute atomic E-state index is 0.0242. The standard InChI is InChI=1S/C13H19NO/c1-4-12(10(2)3)14-13(15)11-8-6-5-7-9-11/h5-10,12H,4H2,1-3H3,(H,14,15). The van der Waals surface area contributed by atoms with E-state index in [1.165, 1.54) is 0 Å². The second-order valence-corrected chi connectivity index (χ2v) is 4.10. The molecule has 1 aromatic rings. The molecule has 0 radical (unpaired) electrons. The minimum atomic E-state index is 0.0242. The summed E-state index contributed by atoms with van der Waals surface area (Å²) >= 11 is 0. The third-order valence-electron chi connectivity index (χ3n) is 2.60. The second-order valence-electron chi connectivity index (χ2n) is 4.10. The van der Waals surface area contributed by atoms with Crippen LogP contribution >= 0.6 is 0 Å². The molecule has 2 nitrogen and oxygen atoms in total. The molecule has 0 saturated carbocycles. The van der Waals surface area contributed by atoms with Crippen LogP contribution in [0.25, 0.3) is 0 Å². The van der Waals surface area contributed by atoms with Gasteiger partial charge in [0.25, 0.3) is 5.91 Å². The van der Waals surface area contributed by atoms with Crippen molar-refractivity contribution in [2.24, 2.45) is 5.92 Å². The number of benzene rings is 1. The monoisotopic (exact) mass is 205 g/mol. The second kappa shape index (κ2) is 5.54. The summed E-state index contributed by atoms with van der Waals surface area (Å²) in [5.74, 6) is 0.499. The summed E-state index contributed by atoms with van der Waals surface area (Å²) in [6, 6.07) is 9.61. The van der Waals surface area contributed by atoms with E-state index in [0.29, 0.717) is 5.92 Å². The molecule has 0 saturated heterocycles. The van der Waals surface area contributed by atoms with Crippen LogP contribution in [0.2, 0.25) is 0 Å². The van der Waals surface area contributed by atoms with Crippen molar-refractivity contribution in [1.29, 1.82) is 0 Å². The van der Waals surface area contributed by atoms with E-state index in [1.807, 2.05) is 30.3 Å². The molecule has 0 heterocycles. The molecule has 0 aliphatic carbocycles. The smallest absolute Gasteiger partial charge is 0.251 e. The van der Waals surface area contributed by atoms with Gasteiger partial charge in [-0.1, -0.05) is 39.0 Å². The predicted molar refractivity (Wildman–Crippen MR) is 62.8 cm³/mol. The maximum absolute atomic E-state index is 11.8. The SMILES string of the molecule is CCC(NC(=O)c1ccccc1)C(C)C. The molecule has 2 heteroatoms. The quantitative estimate of drug-likeness (QED) is 0.804. The topological polar surface area (TPSA) is 29.1 Å². The Labute approximate surface area is 91.7 Å². The van der Waals surface area contributed by atoms with Gasteiger partial charge in [-0.2, -0.15) is 0 Å². The van der Waals surface area contributed by atoms with Crippen molar-refractivity contribution in [3.05, 3.63) is 35.9 Å². The Morgan fingerprint density at radius 2 is 1.87 bits per heavy atom. The Hall–Kier alpha value is -1.31. The van der Waals surface area contributed by atoms with Crippen LogP contribution in [0.15, 0.2) is 30.3 Å². The van der Waals surface area contributed by atoms with Gasteiger partial charge in [0.1, 0.15) is 0 Å². The van der Waals surface area contributed by atoms with Crippen molar-refractivity contribution in [3.63, 3.8) is 0 Å². The Morgan fingerprint density at radius 3 is 2.33 bits per heavy atom. The molecule has 1 atom stereocenters. The van der Waals surface area contributed by atoms with Gasteiger partial charge < -0.3 is 5.32 Å². The Balaban J connectivity index is 2.63. The molecule has 15 heavy (non-hydrogen) atoms. The zero-order valence-electron chi connectivity index (χ0n) is 9.66. The molecular weight excluding hydrogens is 186 g/mol. The molecule has 0 spiro atoms. The van der Waals surface area contributed by atoms with Gasteiger partial charge in [-0.3, -0.25) is 4.79 Å². The molecule has 0 aliphatic rings. The lowest BCUT2D eigenvalue weighted by Gasteiger charge is -2.20. The van der Waals surface area contributed by atoms with Gasteiger partial charge in [-0.25, -0.2) is 0 Å². The normalized spacial score (nSPS) is 12.5. The Kier molecular flexibility index (Phi) is 4.35. The highest BCUT2D eigenvalue weighted by Gasteiger charge is 2.14. The van der Waals surface area contributed by atoms with Crippen LogP contribution in [0.4, 0.5) is 0 Å². The van der Waals surface area contributed by atoms with E-state index in [2.05, 4.69) is 26.1 Å². The van der Waals surface area contributed by atoms with E-state index >= 15 is 0 Å². The van der Waals surface area contributed by atoms with Gasteiger partial charge in [-0.05, 0) is 24.5 Å². The van der Waals surface area contributed by atoms with Crippen LogP contribution in [0, 0.1) is 5.92 Å². The van der Waals surface area contributed by atoms with Gasteiger partial charge in [0.05, 0.1) is 0 Å². The molecular formula is C13H19NO. The molecule has 1 aromatic carbocycles. The van der Waals surface area contributed by atoms with E-state index in [9.17, 15) is 4.79 Å². The van der Waals surface area contributed by atoms with Crippen LogP contribution < -0.4 is 5.32 Å². The van der Waals surface area contributed by atoms with Crippen LogP contribution in [-0.4, -0.2) is 11.9 Å². The largest absolute Gasteiger partial charge is 0.349 e. The number of nitrogens with one attached hydrogen (secondary N) is 1. The lowest BCUT2D eigenvalue weighted by atomic mass is 10.0. The fraction of sp³-hybridized carbons (Fsp3) is 0.462. The first-order valence-electron chi connectivity index (χ1n) is 5.51. The van der Waals surface area contributed by atoms with Crippen LogP contribution in [0.1, 0.15) is 37.6 Å². The van der Waals surface area contributed by atoms with Crippen molar-refractivity contribution in [1.82, 2.24) is 5.32 Å². The van der Waals surface area contributed by atoms with Gasteiger partial charge in [0.2, 0.25) is 0 Å². The van der Waals surface area contributed by atoms with Crippen LogP contribution in [0.3, 0.4) is 0 Å². The number of hydrogen-bond donors (Lipinski definition) is 1. The summed E-state index contributed by atoms with van der Waals surface area (Å²) in [4.78, 5) is 11.8. The van der Waals surface area contributed by atoms with Gasteiger partial charge in [0.15, 0.2) is 0 Å². The lowest BCUT2D eigenvalue weighted by Crippen LogP contribution is -2.37. The summed E-state index contributed by atoms with van der Waals surface area (Å²) in [6.07, 6.45) is 0.968. The average Bonchev–Trinajstić information content (AvgIpc) is 2.26. The van der Waals surface area contributed by atoms with E-state index < -0.39 is 0 Å². The summed E-state index contributed by atoms with van der Waals surface area (Å²) in [7, 11) is 0. The van der Waals surface area contributed by atoms with E-state index in [4.69, 9.17) is 0 Å². The molecule has 1 unspecified atom stereocenters. The maximum atomic E-state index is 11.8. The summed E-state index contributed by atoms with van der Waals surface area (Å²) in [6.45, 7) is 6.34. The van der Waals surface area contributed by atoms with Crippen LogP contribution in [-0.2, 0) is 0 Å². The van der Waals surface area contributed by atoms with Gasteiger partial charge >= 0.3 is 0 Å². The van der Waals surface area contributed by atoms with Crippen molar-refractivity contribution < 1.29 is 4.79 Å². The highest BCUT2D eigenvalue weighted by atomic mass is 16.1. The van der Waals surface area contributed by atoms with Crippen LogP contribution in [0.5, 0.6) is 0 Å². The predicted octanol–water partition coefficient (Wildman–Crippen LogP) is 2.85. The highest BCUT2D eigenvalue weighted by Crippen LogP contribution is 2.07. The third kappa shape index (κ3) is 3.39. The number of carbonyl (C=O) groups excluding carboxylic acids is 1. The molecule has 1 amide bonds. The number of rotatable bonds is 4. The molecule has 0 bridgehead atoms. The molecule has 1 N–H and O–H groups in total. The third-order valence-corrected chi connectivity index (χ3v) is 2.60. The lowest BCUT2D eigenvalue weighted by molar-refractivity contribution is 0.0924. The summed E-state index contributed by atoms with van der Waals surface area (Å²) in [5, 5.41) is 3.04. The first-order valence-corrected chi connectivity index (χ1v) is 5.51. The fourth-order valence-electron chi connectivity index (χ4n) is 1.58. The minimum Gasteiger partial charge on any atom is -0.349 e. The average molecular weight is 205 g/mol. The first-order chi connectivity index (χ1) is 7.15. The van der Waals surface area contributed by atoms with Gasteiger partial charge in [-0.15, -0.1) is 0 Å². The maximum Gasteiger partial charge on any atom is 0.251 e. The van der Waals surface area contributed by atoms with E-state index in [0.717, 1.165) is 12.0 Å². The first kappa shape index (κ1) is 11.8. The van der Waals surface area contributed by atoms with Crippen molar-refractivity contribution in [2.75, 3.05) is 0 Å². The zero-order chi connectivity index (χ0) is 11.3. The van der Waals surface area contributed by atoms with Crippen molar-refractivity contribution >= 4 is 5.91 Å². The molecule has 0 fully saturated rings. The van der Waals surface area contributed by atoms with E-state index in [1.54, 1.807) is 0 Å². The van der Waals surface area contributed by atoms with Crippen molar-refractivity contribution in [3.8, 4) is 0 Å². The molecule has 1 rings (SSSR count). The Bertz CT molecular complexity index is 306. The highest BCUT2D eigenvalue weighted by molar-refractivity contribution is 5.94. The zero-order valence-corrected chi connectivity index (χ0v) is 9.66. The summed E-state index contributed by atoms with van der Waals surface area (Å²) < 4.78 is 0. The molecule has 0 aromatic heterocycles. The fourth-order valence-corrected chi connectivity index (χ4v) is 1.58. The molecule has 0 aliphatic heterocycles. The summed E-state index contributed by atoms with van der Waals surface area (Å²) in [5.41, 5.74) is 0.733. The van der Waals surface area contributed by atoms with E-state index in [-0.39, 0.29) is 11.9 Å². The molecule has 82 valence electrons. The van der Waals surface area contributed by atoms with Gasteiger partial charge in [0, 0.05) is 11.6 Å². The number of hydrogen-bond acceptors (Lipinski definition) is 1. The Morgan fingerprint density at radius 1 is 1.27 bits per heavy atom. The number of amides is 1.